The average molecular weight is 599 g/mol. The van der Waals surface area contributed by atoms with Gasteiger partial charge in [-0.2, -0.15) is 74.6 Å². The van der Waals surface area contributed by atoms with E-state index in [-0.39, 0.29) is 6.07 Å². The van der Waals surface area contributed by atoms with Crippen LogP contribution in [0.5, 0.6) is 0 Å². The molecule has 1 aliphatic carbocycles. The lowest BCUT2D eigenvalue weighted by Crippen LogP contribution is -2.64. The van der Waals surface area contributed by atoms with Gasteiger partial charge in [-0.3, -0.25) is 4.79 Å². The Labute approximate surface area is 196 Å². The number of carbonyl (C=O) groups is 1. The number of ketones is 1. The van der Waals surface area contributed by atoms with E-state index < -0.39 is 93.0 Å². The van der Waals surface area contributed by atoms with Crippen LogP contribution in [0.2, 0.25) is 5.02 Å². The summed E-state index contributed by atoms with van der Waals surface area (Å²) in [5, 5.41) is 7.66. The molecular weight excluding hydrogens is 595 g/mol. The Bertz CT molecular complexity index is 1110. The van der Waals surface area contributed by atoms with E-state index in [1.165, 1.54) is 0 Å². The zero-order chi connectivity index (χ0) is 29.6. The number of allylic oxidation sites excluding steroid dienone is 1. The van der Waals surface area contributed by atoms with Crippen molar-refractivity contribution in [1.82, 2.24) is 0 Å². The molecule has 1 saturated carbocycles. The van der Waals surface area contributed by atoms with Gasteiger partial charge >= 0.3 is 42.2 Å². The number of halogens is 18. The van der Waals surface area contributed by atoms with Crippen LogP contribution in [0.25, 0.3) is 5.76 Å². The summed E-state index contributed by atoms with van der Waals surface area (Å²) in [6.07, 6.45) is -21.0. The van der Waals surface area contributed by atoms with Gasteiger partial charge in [0.25, 0.3) is 5.41 Å². The second-order valence-corrected chi connectivity index (χ2v) is 7.72. The van der Waals surface area contributed by atoms with Gasteiger partial charge in [-0.05, 0) is 12.1 Å². The first-order valence-corrected chi connectivity index (χ1v) is 8.94. The molecule has 2 rings (SSSR count). The van der Waals surface area contributed by atoms with Crippen molar-refractivity contribution < 1.29 is 84.5 Å². The van der Waals surface area contributed by atoms with Crippen molar-refractivity contribution >= 4 is 23.1 Å². The molecule has 0 bridgehead atoms. The van der Waals surface area contributed by atoms with Crippen LogP contribution in [0.15, 0.2) is 18.2 Å². The van der Waals surface area contributed by atoms with E-state index in [9.17, 15) is 84.5 Å². The molecule has 0 atom stereocenters. The van der Waals surface area contributed by atoms with Crippen LogP contribution < -0.4 is 0 Å². The molecular formula is C17H4ClF17O2. The smallest absolute Gasteiger partial charge is 0.418 e. The Morgan fingerprint density at radius 3 is 1.46 bits per heavy atom. The predicted octanol–water partition coefficient (Wildman–Crippen LogP) is 7.95. The highest BCUT2D eigenvalue weighted by atomic mass is 35.5. The zero-order valence-corrected chi connectivity index (χ0v) is 17.1. The maximum absolute atomic E-state index is 14.0. The number of alkyl halides is 17. The number of aliphatic hydroxyl groups is 1. The summed E-state index contributed by atoms with van der Waals surface area (Å²) in [6.45, 7) is 0. The number of hydrogen-bond donors (Lipinski definition) is 1. The molecule has 0 unspecified atom stereocenters. The maximum atomic E-state index is 14.0. The first-order valence-electron chi connectivity index (χ1n) is 8.56. The molecule has 0 radical (unpaired) electrons. The minimum absolute atomic E-state index is 0.354. The molecule has 0 aliphatic heterocycles. The van der Waals surface area contributed by atoms with Crippen molar-refractivity contribution in [2.45, 2.75) is 42.2 Å². The Morgan fingerprint density at radius 1 is 0.730 bits per heavy atom. The Kier molecular flexibility index (Phi) is 6.66. The van der Waals surface area contributed by atoms with Gasteiger partial charge < -0.3 is 5.11 Å². The summed E-state index contributed by atoms with van der Waals surface area (Å²) >= 11 is 5.04. The number of aliphatic hydroxyl groups excluding tert-OH is 1. The third kappa shape index (κ3) is 3.81. The second kappa shape index (κ2) is 8.02. The fourth-order valence-corrected chi connectivity index (χ4v) is 3.78. The van der Waals surface area contributed by atoms with Gasteiger partial charge in [0, 0.05) is 11.6 Å². The number of hydrogen-bond acceptors (Lipinski definition) is 2. The Morgan fingerprint density at radius 2 is 1.14 bits per heavy atom. The van der Waals surface area contributed by atoms with Crippen molar-refractivity contribution in [3.63, 3.8) is 0 Å². The SMILES string of the molecule is O=C(/C=C(\O)c1cc(Cl)c(C(F)(F)F)c(C(F)(F)F)c1)C1(C(F)(F)F)C(F)(F)C(F)(F)C(F)(F)C1(F)F. The summed E-state index contributed by atoms with van der Waals surface area (Å²) in [5.74, 6) is -37.0. The molecule has 37 heavy (non-hydrogen) atoms. The molecule has 20 heteroatoms. The van der Waals surface area contributed by atoms with Crippen LogP contribution in [-0.2, 0) is 17.1 Å². The van der Waals surface area contributed by atoms with E-state index >= 15 is 0 Å². The van der Waals surface area contributed by atoms with Crippen LogP contribution >= 0.6 is 11.6 Å². The molecule has 0 aromatic heterocycles. The Balaban J connectivity index is 2.90. The highest BCUT2D eigenvalue weighted by Crippen LogP contribution is 2.75. The molecule has 210 valence electrons. The predicted molar refractivity (Wildman–Crippen MR) is 85.3 cm³/mol. The third-order valence-electron chi connectivity index (χ3n) is 5.16. The molecule has 0 heterocycles. The highest BCUT2D eigenvalue weighted by molar-refractivity contribution is 6.31. The van der Waals surface area contributed by atoms with Gasteiger partial charge in [0.15, 0.2) is 5.78 Å². The lowest BCUT2D eigenvalue weighted by atomic mass is 9.74. The van der Waals surface area contributed by atoms with Crippen LogP contribution in [0, 0.1) is 5.41 Å². The van der Waals surface area contributed by atoms with E-state index in [0.29, 0.717) is 0 Å². The summed E-state index contributed by atoms with van der Waals surface area (Å²) in [7, 11) is 0. The molecule has 1 aliphatic rings. The van der Waals surface area contributed by atoms with Crippen molar-refractivity contribution in [3.05, 3.63) is 39.9 Å². The molecule has 0 saturated heterocycles. The Hall–Kier alpha value is -2.47. The van der Waals surface area contributed by atoms with Gasteiger partial charge in [0.05, 0.1) is 16.1 Å². The van der Waals surface area contributed by atoms with Crippen molar-refractivity contribution in [3.8, 4) is 0 Å². The lowest BCUT2D eigenvalue weighted by Gasteiger charge is -2.37. The van der Waals surface area contributed by atoms with Gasteiger partial charge in [0.1, 0.15) is 5.76 Å². The van der Waals surface area contributed by atoms with Gasteiger partial charge in [-0.25, -0.2) is 0 Å². The molecule has 1 aromatic carbocycles. The fourth-order valence-electron chi connectivity index (χ4n) is 3.45. The summed E-state index contributed by atoms with van der Waals surface area (Å²) in [5.41, 5.74) is -14.6. The minimum Gasteiger partial charge on any atom is -0.507 e. The topological polar surface area (TPSA) is 37.3 Å². The summed E-state index contributed by atoms with van der Waals surface area (Å²) < 4.78 is 228. The van der Waals surface area contributed by atoms with Crippen LogP contribution in [0.1, 0.15) is 16.7 Å². The molecule has 1 N–H and O–H groups in total. The maximum Gasteiger partial charge on any atom is 0.418 e. The van der Waals surface area contributed by atoms with E-state index in [0.717, 1.165) is 0 Å². The zero-order valence-electron chi connectivity index (χ0n) is 16.4. The number of rotatable bonds is 3. The minimum atomic E-state index is -7.65. The monoisotopic (exact) mass is 598 g/mol. The van der Waals surface area contributed by atoms with Crippen LogP contribution in [-0.4, -0.2) is 40.8 Å². The van der Waals surface area contributed by atoms with Crippen molar-refractivity contribution in [1.29, 1.82) is 0 Å². The first kappa shape index (κ1) is 30.8. The first-order chi connectivity index (χ1) is 16.0. The quantitative estimate of drug-likeness (QED) is 0.218. The average Bonchev–Trinajstić information content (AvgIpc) is 2.69. The van der Waals surface area contributed by atoms with Crippen molar-refractivity contribution in [2.75, 3.05) is 0 Å². The van der Waals surface area contributed by atoms with Crippen LogP contribution in [0.3, 0.4) is 0 Å². The van der Waals surface area contributed by atoms with Crippen LogP contribution in [0.4, 0.5) is 74.6 Å². The van der Waals surface area contributed by atoms with E-state index in [4.69, 9.17) is 11.6 Å². The van der Waals surface area contributed by atoms with Crippen molar-refractivity contribution in [2.24, 2.45) is 5.41 Å². The van der Waals surface area contributed by atoms with E-state index in [1.807, 2.05) is 0 Å². The van der Waals surface area contributed by atoms with E-state index in [2.05, 4.69) is 0 Å². The third-order valence-corrected chi connectivity index (χ3v) is 5.46. The van der Waals surface area contributed by atoms with Gasteiger partial charge in [0.2, 0.25) is 0 Å². The lowest BCUT2D eigenvalue weighted by molar-refractivity contribution is -0.341. The summed E-state index contributed by atoms with van der Waals surface area (Å²) in [6, 6.07) is -1.13. The fraction of sp³-hybridized carbons (Fsp3) is 0.471. The standard InChI is InChI=1S/C17H4ClF17O2/c18-6-2-4(1-5(11(19,20)21)9(6)12(22,23)24)7(36)3-8(37)10(17(33,34)35)13(25,26)15(29,30)16(31,32)14(10,27)28/h1-3,36H/b7-3-. The molecule has 0 spiro atoms. The normalized spacial score (nSPS) is 22.7. The molecule has 2 nitrogen and oxygen atoms in total. The molecule has 0 amide bonds. The highest BCUT2D eigenvalue weighted by Gasteiger charge is 3.06. The second-order valence-electron chi connectivity index (χ2n) is 7.32. The molecule has 1 aromatic rings. The van der Waals surface area contributed by atoms with E-state index in [1.54, 1.807) is 0 Å². The van der Waals surface area contributed by atoms with Gasteiger partial charge in [-0.15, -0.1) is 0 Å². The number of benzene rings is 1. The van der Waals surface area contributed by atoms with Gasteiger partial charge in [-0.1, -0.05) is 11.6 Å². The molecule has 1 fully saturated rings. The summed E-state index contributed by atoms with van der Waals surface area (Å²) in [4.78, 5) is 12.0. The largest absolute Gasteiger partial charge is 0.507 e. The number of carbonyl (C=O) groups excluding carboxylic acids is 1.